The summed E-state index contributed by atoms with van der Waals surface area (Å²) in [6.07, 6.45) is 5.13. The fraction of sp³-hybridized carbons (Fsp3) is 0.750. The van der Waals surface area contributed by atoms with Gasteiger partial charge in [-0.3, -0.25) is 0 Å². The Morgan fingerprint density at radius 2 is 1.54 bits per heavy atom. The van der Waals surface area contributed by atoms with Crippen molar-refractivity contribution in [3.05, 3.63) is 0 Å². The van der Waals surface area contributed by atoms with Gasteiger partial charge in [-0.05, 0) is 12.8 Å². The Labute approximate surface area is 80.5 Å². The molecule has 1 aliphatic rings. The van der Waals surface area contributed by atoms with Crippen LogP contribution in [0.1, 0.15) is 12.8 Å². The van der Waals surface area contributed by atoms with Crippen LogP contribution in [0.5, 0.6) is 0 Å². The van der Waals surface area contributed by atoms with E-state index in [-0.39, 0.29) is 0 Å². The van der Waals surface area contributed by atoms with Gasteiger partial charge in [0.15, 0.2) is 0 Å². The van der Waals surface area contributed by atoms with E-state index in [1.165, 1.54) is 12.2 Å². The topological polar surface area (TPSA) is 58.9 Å². The lowest BCUT2D eigenvalue weighted by molar-refractivity contribution is 0.561. The molecule has 1 heterocycles. The van der Waals surface area contributed by atoms with Gasteiger partial charge in [0, 0.05) is 10.5 Å². The van der Waals surface area contributed by atoms with Gasteiger partial charge in [-0.1, -0.05) is 0 Å². The van der Waals surface area contributed by atoms with Crippen molar-refractivity contribution >= 4 is 23.9 Å². The monoisotopic (exact) mass is 198 g/mol. The second kappa shape index (κ2) is 5.70. The van der Waals surface area contributed by atoms with Crippen LogP contribution in [0, 0.1) is 0 Å². The maximum atomic E-state index is 9.84. The third-order valence-electron chi connectivity index (χ3n) is 1.91. The van der Waals surface area contributed by atoms with Gasteiger partial charge in [0.05, 0.1) is 13.1 Å². The molecule has 0 N–H and O–H groups in total. The highest BCUT2D eigenvalue weighted by atomic mass is 32.2. The molecule has 1 saturated heterocycles. The molecule has 4 nitrogen and oxygen atoms in total. The predicted molar refractivity (Wildman–Crippen MR) is 50.4 cm³/mol. The van der Waals surface area contributed by atoms with Crippen LogP contribution in [-0.2, 0) is 9.59 Å². The molecule has 0 aromatic heterocycles. The smallest absolute Gasteiger partial charge is 0.211 e. The molecule has 1 rings (SSSR count). The standard InChI is InChI=1S/C8H10N2O2S/c11-5-9-3-7-1-2-8(13-7)4-10-6-12/h7-8H,1-4H2. The lowest BCUT2D eigenvalue weighted by atomic mass is 10.2. The molecule has 2 atom stereocenters. The molecule has 13 heavy (non-hydrogen) atoms. The van der Waals surface area contributed by atoms with Crippen molar-refractivity contribution < 1.29 is 9.59 Å². The van der Waals surface area contributed by atoms with E-state index in [1.807, 2.05) is 0 Å². The average Bonchev–Trinajstić information content (AvgIpc) is 2.59. The molecular formula is C8H10N2O2S. The van der Waals surface area contributed by atoms with Crippen molar-refractivity contribution in [3.8, 4) is 0 Å². The molecule has 0 radical (unpaired) electrons. The van der Waals surface area contributed by atoms with E-state index >= 15 is 0 Å². The molecule has 5 heteroatoms. The lowest BCUT2D eigenvalue weighted by Gasteiger charge is -2.04. The fourth-order valence-electron chi connectivity index (χ4n) is 1.33. The molecule has 0 aromatic carbocycles. The van der Waals surface area contributed by atoms with Gasteiger partial charge < -0.3 is 0 Å². The van der Waals surface area contributed by atoms with Crippen LogP contribution in [0.25, 0.3) is 0 Å². The second-order valence-corrected chi connectivity index (χ2v) is 4.43. The maximum absolute atomic E-state index is 9.84. The highest BCUT2D eigenvalue weighted by Gasteiger charge is 2.24. The average molecular weight is 198 g/mol. The number of carbonyl (C=O) groups excluding carboxylic acids is 2. The van der Waals surface area contributed by atoms with Crippen LogP contribution < -0.4 is 0 Å². The summed E-state index contributed by atoms with van der Waals surface area (Å²) in [5.74, 6) is 0. The first-order chi connectivity index (χ1) is 6.36. The molecule has 1 fully saturated rings. The van der Waals surface area contributed by atoms with Crippen LogP contribution in [0.2, 0.25) is 0 Å². The zero-order chi connectivity index (χ0) is 9.52. The highest BCUT2D eigenvalue weighted by molar-refractivity contribution is 8.00. The summed E-state index contributed by atoms with van der Waals surface area (Å²) in [6, 6.07) is 0. The number of hydrogen-bond donors (Lipinski definition) is 0. The van der Waals surface area contributed by atoms with E-state index in [4.69, 9.17) is 0 Å². The molecule has 0 bridgehead atoms. The first-order valence-corrected chi connectivity index (χ1v) is 5.04. The summed E-state index contributed by atoms with van der Waals surface area (Å²) in [4.78, 5) is 26.8. The van der Waals surface area contributed by atoms with Crippen LogP contribution in [0.4, 0.5) is 0 Å². The van der Waals surface area contributed by atoms with E-state index < -0.39 is 0 Å². The van der Waals surface area contributed by atoms with Gasteiger partial charge in [0.25, 0.3) is 0 Å². The number of nitrogens with zero attached hydrogens (tertiary/aromatic N) is 2. The third kappa shape index (κ3) is 3.55. The zero-order valence-electron chi connectivity index (χ0n) is 7.10. The Kier molecular flexibility index (Phi) is 4.47. The van der Waals surface area contributed by atoms with Gasteiger partial charge in [-0.25, -0.2) is 19.6 Å². The van der Waals surface area contributed by atoms with Gasteiger partial charge in [-0.15, -0.1) is 0 Å². The third-order valence-corrected chi connectivity index (χ3v) is 3.45. The van der Waals surface area contributed by atoms with Gasteiger partial charge >= 0.3 is 0 Å². The van der Waals surface area contributed by atoms with Crippen LogP contribution in [0.15, 0.2) is 9.98 Å². The van der Waals surface area contributed by atoms with E-state index in [1.54, 1.807) is 11.8 Å². The van der Waals surface area contributed by atoms with Crippen molar-refractivity contribution in [3.63, 3.8) is 0 Å². The molecular weight excluding hydrogens is 188 g/mol. The second-order valence-electron chi connectivity index (χ2n) is 2.82. The maximum Gasteiger partial charge on any atom is 0.234 e. The lowest BCUT2D eigenvalue weighted by Crippen LogP contribution is -2.03. The summed E-state index contributed by atoms with van der Waals surface area (Å²) >= 11 is 1.75. The minimum Gasteiger partial charge on any atom is -0.211 e. The molecule has 70 valence electrons. The normalized spacial score (nSPS) is 26.2. The SMILES string of the molecule is O=C=NCC1CCC(CN=C=O)S1. The fourth-order valence-corrected chi connectivity index (χ4v) is 2.74. The molecule has 0 aromatic rings. The largest absolute Gasteiger partial charge is 0.234 e. The zero-order valence-corrected chi connectivity index (χ0v) is 7.92. The number of rotatable bonds is 4. The molecule has 0 spiro atoms. The summed E-state index contributed by atoms with van der Waals surface area (Å²) in [6.45, 7) is 1.07. The van der Waals surface area contributed by atoms with Gasteiger partial charge in [0.2, 0.25) is 12.2 Å². The minimum absolute atomic E-state index is 0.397. The summed E-state index contributed by atoms with van der Waals surface area (Å²) in [5, 5.41) is 0.793. The predicted octanol–water partition coefficient (Wildman–Crippen LogP) is 0.922. The number of hydrogen-bond acceptors (Lipinski definition) is 5. The Hall–Kier alpha value is -0.890. The first kappa shape index (κ1) is 10.2. The van der Waals surface area contributed by atoms with Crippen molar-refractivity contribution in [2.24, 2.45) is 9.98 Å². The molecule has 0 amide bonds. The number of aliphatic imine (C=N–C) groups is 2. The van der Waals surface area contributed by atoms with Gasteiger partial charge in [0.1, 0.15) is 0 Å². The number of thioether (sulfide) groups is 1. The quantitative estimate of drug-likeness (QED) is 0.498. The summed E-state index contributed by atoms with van der Waals surface area (Å²) in [5.41, 5.74) is 0. The van der Waals surface area contributed by atoms with Crippen molar-refractivity contribution in [1.82, 2.24) is 0 Å². The van der Waals surface area contributed by atoms with E-state index in [9.17, 15) is 9.59 Å². The highest BCUT2D eigenvalue weighted by Crippen LogP contribution is 2.33. The molecule has 2 unspecified atom stereocenters. The first-order valence-electron chi connectivity index (χ1n) is 4.09. The molecule has 1 aliphatic heterocycles. The summed E-state index contributed by atoms with van der Waals surface area (Å²) in [7, 11) is 0. The summed E-state index contributed by atoms with van der Waals surface area (Å²) < 4.78 is 0. The Bertz CT molecular complexity index is 231. The van der Waals surface area contributed by atoms with E-state index in [2.05, 4.69) is 9.98 Å². The Morgan fingerprint density at radius 3 is 1.92 bits per heavy atom. The van der Waals surface area contributed by atoms with Crippen molar-refractivity contribution in [2.45, 2.75) is 23.3 Å². The van der Waals surface area contributed by atoms with Crippen LogP contribution >= 0.6 is 11.8 Å². The van der Waals surface area contributed by atoms with Crippen LogP contribution in [-0.4, -0.2) is 35.7 Å². The Morgan fingerprint density at radius 1 is 1.08 bits per heavy atom. The van der Waals surface area contributed by atoms with Crippen molar-refractivity contribution in [1.29, 1.82) is 0 Å². The van der Waals surface area contributed by atoms with Crippen molar-refractivity contribution in [2.75, 3.05) is 13.1 Å². The van der Waals surface area contributed by atoms with E-state index in [0.29, 0.717) is 23.6 Å². The van der Waals surface area contributed by atoms with Crippen LogP contribution in [0.3, 0.4) is 0 Å². The Balaban J connectivity index is 2.27. The van der Waals surface area contributed by atoms with E-state index in [0.717, 1.165) is 12.8 Å². The van der Waals surface area contributed by atoms with Gasteiger partial charge in [-0.2, -0.15) is 11.8 Å². The minimum atomic E-state index is 0.397. The number of isocyanates is 2. The molecule has 0 saturated carbocycles. The molecule has 0 aliphatic carbocycles.